The molecule has 3 heterocycles. The van der Waals surface area contributed by atoms with Gasteiger partial charge in [-0.1, -0.05) is 26.0 Å². The summed E-state index contributed by atoms with van der Waals surface area (Å²) in [6, 6.07) is 12.2. The minimum Gasteiger partial charge on any atom is -0.497 e. The largest absolute Gasteiger partial charge is 0.497 e. The molecule has 2 aliphatic heterocycles. The summed E-state index contributed by atoms with van der Waals surface area (Å²) in [5.74, 6) is -1.01. The first kappa shape index (κ1) is 38.4. The third-order valence-electron chi connectivity index (χ3n) is 9.63. The molecule has 13 nitrogen and oxygen atoms in total. The van der Waals surface area contributed by atoms with E-state index in [2.05, 4.69) is 15.6 Å². The van der Waals surface area contributed by atoms with Crippen LogP contribution in [0, 0.1) is 17.8 Å². The summed E-state index contributed by atoms with van der Waals surface area (Å²) in [4.78, 5) is 18.1. The second kappa shape index (κ2) is 15.9. The number of carbonyl (C=O) groups excluding carboxylic acids is 1. The molecule has 3 fully saturated rings. The zero-order valence-electron chi connectivity index (χ0n) is 30.4. The third-order valence-corrected chi connectivity index (χ3v) is 11.5. The molecule has 286 valence electrons. The SMILES string of the molecule is COc1ccc(C[C@H](CC(=O)O[C@H]2CO[C@H]3OC[C@H](NCC(C)(C)F)[C@H]32)[C@H](O)CN(CC(C)C)S(=O)(=O)c2ccc3nc(NC4CC4)oc3c2)cc1. The molecule has 3 N–H and O–H groups in total. The highest BCUT2D eigenvalue weighted by Gasteiger charge is 2.50. The number of benzene rings is 2. The van der Waals surface area contributed by atoms with Gasteiger partial charge >= 0.3 is 5.97 Å². The Morgan fingerprint density at radius 2 is 1.85 bits per heavy atom. The van der Waals surface area contributed by atoms with Crippen molar-refractivity contribution in [1.29, 1.82) is 0 Å². The minimum absolute atomic E-state index is 0.0157. The van der Waals surface area contributed by atoms with Crippen molar-refractivity contribution in [2.75, 3.05) is 45.3 Å². The maximum absolute atomic E-state index is 14.3. The van der Waals surface area contributed by atoms with Gasteiger partial charge < -0.3 is 39.1 Å². The summed E-state index contributed by atoms with van der Waals surface area (Å²) < 4.78 is 72.5. The van der Waals surface area contributed by atoms with Gasteiger partial charge in [0.25, 0.3) is 6.01 Å². The van der Waals surface area contributed by atoms with E-state index < -0.39 is 46.1 Å². The number of hydrogen-bond donors (Lipinski definition) is 3. The molecule has 1 saturated carbocycles. The predicted molar refractivity (Wildman–Crippen MR) is 191 cm³/mol. The number of methoxy groups -OCH3 is 1. The first-order valence-corrected chi connectivity index (χ1v) is 19.5. The molecule has 0 amide bonds. The van der Waals surface area contributed by atoms with E-state index in [0.717, 1.165) is 18.4 Å². The Balaban J connectivity index is 1.19. The van der Waals surface area contributed by atoms with Crippen molar-refractivity contribution < 1.29 is 46.1 Å². The molecule has 3 aliphatic rings. The van der Waals surface area contributed by atoms with Crippen LogP contribution in [0.4, 0.5) is 10.4 Å². The fraction of sp³-hybridized carbons (Fsp3) is 0.622. The molecule has 0 bridgehead atoms. The Labute approximate surface area is 304 Å². The van der Waals surface area contributed by atoms with E-state index in [1.54, 1.807) is 25.3 Å². The van der Waals surface area contributed by atoms with Crippen LogP contribution in [-0.4, -0.2) is 105 Å². The number of aliphatic hydroxyl groups is 1. The van der Waals surface area contributed by atoms with Crippen LogP contribution in [0.25, 0.3) is 11.1 Å². The van der Waals surface area contributed by atoms with Gasteiger partial charge in [-0.05, 0) is 68.9 Å². The van der Waals surface area contributed by atoms with Gasteiger partial charge in [0.15, 0.2) is 11.9 Å². The second-order valence-corrected chi connectivity index (χ2v) is 17.2. The zero-order chi connectivity index (χ0) is 37.2. The Kier molecular flexibility index (Phi) is 11.8. The standard InChI is InChI=1S/C37H51FN4O9S/c1-22(2)17-42(52(45,46)27-12-13-28-31(16-27)51-36(41-28)40-25-8-9-25)18-30(43)24(14-23-6-10-26(47-5)11-7-23)15-33(44)50-32-20-49-35-34(32)29(19-48-35)39-21-37(3,4)38/h6-7,10-13,16,22,24-25,29-30,32,34-35,39,43H,8-9,14-15,17-21H2,1-5H3,(H,40,41)/t24-,29+,30-,32+,34+,35-/m1/s1. The molecule has 52 heavy (non-hydrogen) atoms. The molecule has 6 atom stereocenters. The van der Waals surface area contributed by atoms with E-state index in [1.165, 1.54) is 30.3 Å². The number of anilines is 1. The smallest absolute Gasteiger partial charge is 0.306 e. The van der Waals surface area contributed by atoms with Gasteiger partial charge in [0.05, 0.1) is 43.7 Å². The van der Waals surface area contributed by atoms with Crippen molar-refractivity contribution in [2.45, 2.75) is 94.5 Å². The number of halogens is 1. The monoisotopic (exact) mass is 746 g/mol. The lowest BCUT2D eigenvalue weighted by Crippen LogP contribution is -2.46. The molecule has 0 spiro atoms. The van der Waals surface area contributed by atoms with Gasteiger partial charge in [-0.3, -0.25) is 4.79 Å². The maximum Gasteiger partial charge on any atom is 0.306 e. The summed E-state index contributed by atoms with van der Waals surface area (Å²) in [6.45, 7) is 7.15. The topological polar surface area (TPSA) is 162 Å². The van der Waals surface area contributed by atoms with E-state index in [0.29, 0.717) is 35.5 Å². The molecule has 1 aliphatic carbocycles. The second-order valence-electron chi connectivity index (χ2n) is 15.2. The summed E-state index contributed by atoms with van der Waals surface area (Å²) in [7, 11) is -2.54. The highest BCUT2D eigenvalue weighted by molar-refractivity contribution is 7.89. The number of alkyl halides is 1. The number of rotatable bonds is 18. The third kappa shape index (κ3) is 9.60. The lowest BCUT2D eigenvalue weighted by atomic mass is 9.90. The van der Waals surface area contributed by atoms with Crippen molar-refractivity contribution in [1.82, 2.24) is 14.6 Å². The molecule has 2 aromatic carbocycles. The molecule has 0 unspecified atom stereocenters. The molecular weight excluding hydrogens is 695 g/mol. The van der Waals surface area contributed by atoms with Crippen LogP contribution in [0.1, 0.15) is 52.5 Å². The average molecular weight is 747 g/mol. The molecule has 3 aromatic rings. The molecule has 15 heteroatoms. The molecule has 0 radical (unpaired) electrons. The summed E-state index contributed by atoms with van der Waals surface area (Å²) in [6.07, 6.45) is -0.309. The zero-order valence-corrected chi connectivity index (χ0v) is 31.2. The quantitative estimate of drug-likeness (QED) is 0.159. The number of esters is 1. The number of fused-ring (bicyclic) bond motifs is 2. The predicted octanol–water partition coefficient (Wildman–Crippen LogP) is 4.29. The highest BCUT2D eigenvalue weighted by Crippen LogP contribution is 2.35. The Hall–Kier alpha value is -3.34. The van der Waals surface area contributed by atoms with Gasteiger partial charge in [0, 0.05) is 43.7 Å². The van der Waals surface area contributed by atoms with Gasteiger partial charge in [-0.15, -0.1) is 0 Å². The van der Waals surface area contributed by atoms with E-state index in [1.807, 2.05) is 26.0 Å². The highest BCUT2D eigenvalue weighted by atomic mass is 32.2. The number of nitrogens with one attached hydrogen (secondary N) is 2. The van der Waals surface area contributed by atoms with Crippen LogP contribution in [0.3, 0.4) is 0 Å². The summed E-state index contributed by atoms with van der Waals surface area (Å²) in [5, 5.41) is 18.2. The van der Waals surface area contributed by atoms with Gasteiger partial charge in [-0.2, -0.15) is 9.29 Å². The number of aliphatic hydroxyl groups excluding tert-OH is 1. The summed E-state index contributed by atoms with van der Waals surface area (Å²) in [5.41, 5.74) is 0.261. The van der Waals surface area contributed by atoms with Crippen molar-refractivity contribution in [2.24, 2.45) is 17.8 Å². The van der Waals surface area contributed by atoms with E-state index in [-0.39, 0.29) is 61.9 Å². The van der Waals surface area contributed by atoms with E-state index in [9.17, 15) is 22.7 Å². The van der Waals surface area contributed by atoms with Crippen molar-refractivity contribution >= 4 is 33.1 Å². The minimum atomic E-state index is -4.11. The number of nitrogens with zero attached hydrogens (tertiary/aromatic N) is 2. The number of hydrogen-bond acceptors (Lipinski definition) is 12. The number of oxazole rings is 1. The van der Waals surface area contributed by atoms with Crippen molar-refractivity contribution in [3.05, 3.63) is 48.0 Å². The first-order valence-electron chi connectivity index (χ1n) is 18.0. The van der Waals surface area contributed by atoms with Crippen molar-refractivity contribution in [3.8, 4) is 5.75 Å². The molecule has 1 aromatic heterocycles. The average Bonchev–Trinajstić information content (AvgIpc) is 3.47. The van der Waals surface area contributed by atoms with Crippen LogP contribution < -0.4 is 15.4 Å². The first-order chi connectivity index (χ1) is 24.7. The molecule has 6 rings (SSSR count). The Morgan fingerprint density at radius 1 is 1.12 bits per heavy atom. The molecule has 2 saturated heterocycles. The Morgan fingerprint density at radius 3 is 2.52 bits per heavy atom. The fourth-order valence-corrected chi connectivity index (χ4v) is 8.38. The normalized spacial score (nSPS) is 23.2. The number of aromatic nitrogens is 1. The number of carbonyl (C=O) groups is 1. The van der Waals surface area contributed by atoms with Crippen LogP contribution in [0.5, 0.6) is 5.75 Å². The molecular formula is C37H51FN4O9S. The van der Waals surface area contributed by atoms with E-state index >= 15 is 0 Å². The van der Waals surface area contributed by atoms with E-state index in [4.69, 9.17) is 23.4 Å². The van der Waals surface area contributed by atoms with Crippen LogP contribution >= 0.6 is 0 Å². The fourth-order valence-electron chi connectivity index (χ4n) is 6.74. The summed E-state index contributed by atoms with van der Waals surface area (Å²) >= 11 is 0. The van der Waals surface area contributed by atoms with Crippen LogP contribution in [0.15, 0.2) is 51.8 Å². The lowest BCUT2D eigenvalue weighted by Gasteiger charge is -2.30. The lowest BCUT2D eigenvalue weighted by molar-refractivity contribution is -0.153. The number of sulfonamides is 1. The van der Waals surface area contributed by atoms with Crippen LogP contribution in [-0.2, 0) is 35.4 Å². The van der Waals surface area contributed by atoms with Crippen molar-refractivity contribution in [3.63, 3.8) is 0 Å². The van der Waals surface area contributed by atoms with Crippen LogP contribution in [0.2, 0.25) is 0 Å². The Bertz CT molecular complexity index is 1780. The van der Waals surface area contributed by atoms with Gasteiger partial charge in [0.2, 0.25) is 10.0 Å². The van der Waals surface area contributed by atoms with Gasteiger partial charge in [-0.25, -0.2) is 12.8 Å². The maximum atomic E-state index is 14.3. The number of ether oxygens (including phenoxy) is 4. The van der Waals surface area contributed by atoms with Gasteiger partial charge in [0.1, 0.15) is 23.0 Å².